The molecule has 2 atom stereocenters. The number of halogens is 1. The summed E-state index contributed by atoms with van der Waals surface area (Å²) < 4.78 is 1.26. The van der Waals surface area contributed by atoms with E-state index >= 15 is 0 Å². The van der Waals surface area contributed by atoms with Crippen molar-refractivity contribution in [1.82, 2.24) is 4.90 Å². The van der Waals surface area contributed by atoms with Gasteiger partial charge in [-0.3, -0.25) is 4.90 Å². The minimum absolute atomic E-state index is 0.445. The smallest absolute Gasteiger partial charge is 0.0334 e. The maximum absolute atomic E-state index is 6.11. The quantitative estimate of drug-likeness (QED) is 0.907. The standard InChI is InChI=1S/C13H19BrN2S/c1-8-13(14)6-12(17-8)7-16-10-2-3-11(16)5-9(15)4-10/h6,9-11H,2-5,7,15H2,1H3. The highest BCUT2D eigenvalue weighted by Crippen LogP contribution is 2.37. The fraction of sp³-hybridized carbons (Fsp3) is 0.692. The lowest BCUT2D eigenvalue weighted by molar-refractivity contribution is 0.121. The summed E-state index contributed by atoms with van der Waals surface area (Å²) in [4.78, 5) is 5.57. The Bertz CT molecular complexity index is 384. The summed E-state index contributed by atoms with van der Waals surface area (Å²) in [7, 11) is 0. The van der Waals surface area contributed by atoms with Crippen molar-refractivity contribution in [2.24, 2.45) is 5.73 Å². The Morgan fingerprint density at radius 1 is 1.41 bits per heavy atom. The molecule has 0 aliphatic carbocycles. The van der Waals surface area contributed by atoms with E-state index in [9.17, 15) is 0 Å². The van der Waals surface area contributed by atoms with Crippen LogP contribution in [-0.4, -0.2) is 23.0 Å². The topological polar surface area (TPSA) is 29.3 Å². The number of nitrogens with zero attached hydrogens (tertiary/aromatic N) is 1. The SMILES string of the molecule is Cc1sc(CN2C3CCC2CC(N)C3)cc1Br. The van der Waals surface area contributed by atoms with Crippen LogP contribution in [-0.2, 0) is 6.54 Å². The Hall–Kier alpha value is 0.100. The van der Waals surface area contributed by atoms with Gasteiger partial charge in [0, 0.05) is 38.9 Å². The van der Waals surface area contributed by atoms with Gasteiger partial charge in [0.05, 0.1) is 0 Å². The monoisotopic (exact) mass is 314 g/mol. The van der Waals surface area contributed by atoms with Crippen molar-refractivity contribution >= 4 is 27.3 Å². The Morgan fingerprint density at radius 2 is 2.06 bits per heavy atom. The van der Waals surface area contributed by atoms with E-state index < -0.39 is 0 Å². The molecule has 2 bridgehead atoms. The lowest BCUT2D eigenvalue weighted by Crippen LogP contribution is -2.46. The number of thiophene rings is 1. The Labute approximate surface area is 115 Å². The van der Waals surface area contributed by atoms with Crippen LogP contribution in [0.25, 0.3) is 0 Å². The number of piperidine rings is 1. The van der Waals surface area contributed by atoms with E-state index in [0.717, 1.165) is 18.6 Å². The van der Waals surface area contributed by atoms with Gasteiger partial charge in [-0.15, -0.1) is 11.3 Å². The molecule has 0 radical (unpaired) electrons. The highest BCUT2D eigenvalue weighted by atomic mass is 79.9. The number of aryl methyl sites for hydroxylation is 1. The van der Waals surface area contributed by atoms with Crippen molar-refractivity contribution in [1.29, 1.82) is 0 Å². The Balaban J connectivity index is 1.74. The third-order valence-electron chi connectivity index (χ3n) is 4.17. The molecule has 3 rings (SSSR count). The summed E-state index contributed by atoms with van der Waals surface area (Å²) in [5.41, 5.74) is 6.11. The van der Waals surface area contributed by atoms with Gasteiger partial charge >= 0.3 is 0 Å². The molecule has 2 aliphatic heterocycles. The number of hydrogen-bond donors (Lipinski definition) is 1. The summed E-state index contributed by atoms with van der Waals surface area (Å²) in [5, 5.41) is 0. The van der Waals surface area contributed by atoms with E-state index in [0.29, 0.717) is 6.04 Å². The van der Waals surface area contributed by atoms with Crippen LogP contribution in [0.3, 0.4) is 0 Å². The highest BCUT2D eigenvalue weighted by Gasteiger charge is 2.39. The Kier molecular flexibility index (Phi) is 3.32. The zero-order valence-corrected chi connectivity index (χ0v) is 12.6. The van der Waals surface area contributed by atoms with Crippen molar-refractivity contribution in [3.8, 4) is 0 Å². The van der Waals surface area contributed by atoms with Crippen molar-refractivity contribution in [2.45, 2.75) is 57.3 Å². The molecule has 1 aromatic heterocycles. The third-order valence-corrected chi connectivity index (χ3v) is 6.29. The van der Waals surface area contributed by atoms with Crippen molar-refractivity contribution in [3.05, 3.63) is 20.3 Å². The van der Waals surface area contributed by atoms with E-state index in [-0.39, 0.29) is 0 Å². The minimum Gasteiger partial charge on any atom is -0.328 e. The van der Waals surface area contributed by atoms with Crippen LogP contribution in [0.5, 0.6) is 0 Å². The van der Waals surface area contributed by atoms with Crippen LogP contribution in [0.4, 0.5) is 0 Å². The van der Waals surface area contributed by atoms with Gasteiger partial charge < -0.3 is 5.73 Å². The maximum Gasteiger partial charge on any atom is 0.0334 e. The van der Waals surface area contributed by atoms with Gasteiger partial charge in [0.15, 0.2) is 0 Å². The lowest BCUT2D eigenvalue weighted by Gasteiger charge is -2.37. The van der Waals surface area contributed by atoms with E-state index in [1.807, 2.05) is 11.3 Å². The molecule has 0 amide bonds. The average molecular weight is 315 g/mol. The zero-order chi connectivity index (χ0) is 12.0. The first-order valence-corrected chi connectivity index (χ1v) is 8.00. The van der Waals surface area contributed by atoms with Crippen molar-refractivity contribution in [2.75, 3.05) is 0 Å². The molecule has 4 heteroatoms. The van der Waals surface area contributed by atoms with E-state index in [2.05, 4.69) is 33.8 Å². The molecule has 0 saturated carbocycles. The van der Waals surface area contributed by atoms with Crippen LogP contribution in [0.2, 0.25) is 0 Å². The van der Waals surface area contributed by atoms with Gasteiger partial charge in [0.2, 0.25) is 0 Å². The first-order valence-electron chi connectivity index (χ1n) is 6.39. The number of rotatable bonds is 2. The normalized spacial score (nSPS) is 33.2. The van der Waals surface area contributed by atoms with Gasteiger partial charge in [-0.2, -0.15) is 0 Å². The highest BCUT2D eigenvalue weighted by molar-refractivity contribution is 9.10. The molecule has 17 heavy (non-hydrogen) atoms. The maximum atomic E-state index is 6.11. The second-order valence-corrected chi connectivity index (χ2v) is 7.60. The molecule has 1 aromatic rings. The average Bonchev–Trinajstić information content (AvgIpc) is 2.70. The molecule has 94 valence electrons. The number of fused-ring (bicyclic) bond motifs is 2. The van der Waals surface area contributed by atoms with Gasteiger partial charge in [-0.1, -0.05) is 0 Å². The van der Waals surface area contributed by atoms with Crippen LogP contribution >= 0.6 is 27.3 Å². The molecule has 2 unspecified atom stereocenters. The third kappa shape index (κ3) is 2.33. The predicted octanol–water partition coefficient (Wildman–Crippen LogP) is 3.27. The fourth-order valence-corrected chi connectivity index (χ4v) is 4.96. The lowest BCUT2D eigenvalue weighted by atomic mass is 9.98. The molecule has 2 saturated heterocycles. The summed E-state index contributed by atoms with van der Waals surface area (Å²) in [5.74, 6) is 0. The summed E-state index contributed by atoms with van der Waals surface area (Å²) in [6.45, 7) is 3.30. The van der Waals surface area contributed by atoms with Crippen LogP contribution in [0, 0.1) is 6.92 Å². The first-order chi connectivity index (χ1) is 8.13. The molecule has 0 spiro atoms. The molecule has 3 heterocycles. The number of nitrogens with two attached hydrogens (primary N) is 1. The molecule has 2 aliphatic rings. The summed E-state index contributed by atoms with van der Waals surface area (Å²) in [6, 6.07) is 4.21. The predicted molar refractivity (Wildman–Crippen MR) is 76.3 cm³/mol. The van der Waals surface area contributed by atoms with Crippen molar-refractivity contribution in [3.63, 3.8) is 0 Å². The van der Waals surface area contributed by atoms with Gasteiger partial charge in [0.25, 0.3) is 0 Å². The summed E-state index contributed by atoms with van der Waals surface area (Å²) in [6.07, 6.45) is 5.10. The van der Waals surface area contributed by atoms with Crippen LogP contribution < -0.4 is 5.73 Å². The Morgan fingerprint density at radius 3 is 2.59 bits per heavy atom. The van der Waals surface area contributed by atoms with E-state index in [4.69, 9.17) is 5.73 Å². The zero-order valence-electron chi connectivity index (χ0n) is 10.2. The summed E-state index contributed by atoms with van der Waals surface area (Å²) >= 11 is 5.53. The first kappa shape index (κ1) is 12.2. The molecular formula is C13H19BrN2S. The second-order valence-electron chi connectivity index (χ2n) is 5.41. The van der Waals surface area contributed by atoms with Gasteiger partial charge in [-0.25, -0.2) is 0 Å². The van der Waals surface area contributed by atoms with Crippen molar-refractivity contribution < 1.29 is 0 Å². The molecule has 2 N–H and O–H groups in total. The fourth-order valence-electron chi connectivity index (χ4n) is 3.35. The van der Waals surface area contributed by atoms with Gasteiger partial charge in [-0.05, 0) is 54.6 Å². The minimum atomic E-state index is 0.445. The van der Waals surface area contributed by atoms with E-state index in [1.54, 1.807) is 0 Å². The largest absolute Gasteiger partial charge is 0.328 e. The number of hydrogen-bond acceptors (Lipinski definition) is 3. The van der Waals surface area contributed by atoms with Crippen LogP contribution in [0.1, 0.15) is 35.4 Å². The molecule has 0 aromatic carbocycles. The van der Waals surface area contributed by atoms with Gasteiger partial charge in [0.1, 0.15) is 0 Å². The van der Waals surface area contributed by atoms with Crippen LogP contribution in [0.15, 0.2) is 10.5 Å². The second kappa shape index (κ2) is 4.65. The molecule has 2 fully saturated rings. The molecular weight excluding hydrogens is 296 g/mol. The van der Waals surface area contributed by atoms with E-state index in [1.165, 1.54) is 39.9 Å². The molecule has 2 nitrogen and oxygen atoms in total.